The third kappa shape index (κ3) is 2.98. The van der Waals surface area contributed by atoms with Gasteiger partial charge in [-0.2, -0.15) is 15.2 Å². The molecular weight excluding hydrogens is 274 g/mol. The van der Waals surface area contributed by atoms with Gasteiger partial charge in [0, 0.05) is 0 Å². The highest BCUT2D eigenvalue weighted by Gasteiger charge is 2.36. The Hall–Kier alpha value is -1.89. The van der Waals surface area contributed by atoms with Gasteiger partial charge in [0.1, 0.15) is 5.54 Å². The predicted molar refractivity (Wildman–Crippen MR) is 72.9 cm³/mol. The topological polar surface area (TPSA) is 93.8 Å². The zero-order chi connectivity index (χ0) is 14.6. The fourth-order valence-corrected chi connectivity index (χ4v) is 3.79. The molecule has 1 aliphatic carbocycles. The van der Waals surface area contributed by atoms with E-state index in [4.69, 9.17) is 5.26 Å². The molecule has 0 aromatic heterocycles. The van der Waals surface area contributed by atoms with Crippen LogP contribution in [0.4, 0.5) is 0 Å². The average Bonchev–Trinajstić information content (AvgIpc) is 2.48. The normalized spacial score (nSPS) is 17.9. The summed E-state index contributed by atoms with van der Waals surface area (Å²) < 4.78 is 27.2. The van der Waals surface area contributed by atoms with E-state index in [1.165, 1.54) is 24.3 Å². The van der Waals surface area contributed by atoms with Gasteiger partial charge < -0.3 is 0 Å². The SMILES string of the molecule is N#Cc1ccc(S(=O)(=O)NC2(C#N)CCCCC2)cc1. The lowest BCUT2D eigenvalue weighted by Crippen LogP contribution is -2.48. The predicted octanol–water partition coefficient (Wildman–Crippen LogP) is 2.06. The summed E-state index contributed by atoms with van der Waals surface area (Å²) in [5.74, 6) is 0. The minimum atomic E-state index is -3.74. The summed E-state index contributed by atoms with van der Waals surface area (Å²) >= 11 is 0. The van der Waals surface area contributed by atoms with E-state index in [2.05, 4.69) is 10.8 Å². The molecule has 0 bridgehead atoms. The highest BCUT2D eigenvalue weighted by molar-refractivity contribution is 7.89. The van der Waals surface area contributed by atoms with E-state index >= 15 is 0 Å². The minimum absolute atomic E-state index is 0.0803. The number of nitriles is 2. The van der Waals surface area contributed by atoms with Crippen LogP contribution in [-0.2, 0) is 10.0 Å². The molecule has 104 valence electrons. The van der Waals surface area contributed by atoms with Crippen LogP contribution in [0, 0.1) is 22.7 Å². The first kappa shape index (κ1) is 14.5. The van der Waals surface area contributed by atoms with Crippen molar-refractivity contribution in [2.24, 2.45) is 0 Å². The van der Waals surface area contributed by atoms with Crippen molar-refractivity contribution in [2.45, 2.75) is 42.5 Å². The van der Waals surface area contributed by atoms with Gasteiger partial charge in [-0.3, -0.25) is 0 Å². The summed E-state index contributed by atoms with van der Waals surface area (Å²) in [6, 6.07) is 9.73. The second-order valence-corrected chi connectivity index (χ2v) is 6.68. The van der Waals surface area contributed by atoms with Gasteiger partial charge in [-0.25, -0.2) is 8.42 Å². The number of nitrogens with one attached hydrogen (secondary N) is 1. The lowest BCUT2D eigenvalue weighted by molar-refractivity contribution is 0.338. The monoisotopic (exact) mass is 289 g/mol. The molecule has 0 spiro atoms. The molecule has 0 heterocycles. The Balaban J connectivity index is 2.26. The van der Waals surface area contributed by atoms with E-state index in [-0.39, 0.29) is 4.90 Å². The summed E-state index contributed by atoms with van der Waals surface area (Å²) in [6.07, 6.45) is 3.81. The number of hydrogen-bond donors (Lipinski definition) is 1. The Kier molecular flexibility index (Phi) is 4.08. The summed E-state index contributed by atoms with van der Waals surface area (Å²) in [6.45, 7) is 0. The van der Waals surface area contributed by atoms with E-state index in [1.807, 2.05) is 6.07 Å². The van der Waals surface area contributed by atoms with Crippen LogP contribution in [0.2, 0.25) is 0 Å². The van der Waals surface area contributed by atoms with Crippen LogP contribution in [0.5, 0.6) is 0 Å². The Morgan fingerprint density at radius 3 is 2.15 bits per heavy atom. The number of sulfonamides is 1. The summed E-state index contributed by atoms with van der Waals surface area (Å²) in [4.78, 5) is 0.0803. The average molecular weight is 289 g/mol. The van der Waals surface area contributed by atoms with Crippen molar-refractivity contribution in [1.82, 2.24) is 4.72 Å². The van der Waals surface area contributed by atoms with Crippen molar-refractivity contribution in [1.29, 1.82) is 10.5 Å². The van der Waals surface area contributed by atoms with Crippen LogP contribution in [0.3, 0.4) is 0 Å². The number of nitrogens with zero attached hydrogens (tertiary/aromatic N) is 2. The maximum Gasteiger partial charge on any atom is 0.241 e. The van der Waals surface area contributed by atoms with Gasteiger partial charge >= 0.3 is 0 Å². The zero-order valence-corrected chi connectivity index (χ0v) is 11.8. The molecule has 1 saturated carbocycles. The van der Waals surface area contributed by atoms with Crippen LogP contribution in [0.1, 0.15) is 37.7 Å². The third-order valence-electron chi connectivity index (χ3n) is 3.54. The van der Waals surface area contributed by atoms with Crippen molar-refractivity contribution >= 4 is 10.0 Å². The molecule has 0 atom stereocenters. The standard InChI is InChI=1S/C14H15N3O2S/c15-10-12-4-6-13(7-5-12)20(18,19)17-14(11-16)8-2-1-3-9-14/h4-7,17H,1-3,8-9H2. The van der Waals surface area contributed by atoms with E-state index < -0.39 is 15.6 Å². The number of hydrogen-bond acceptors (Lipinski definition) is 4. The molecule has 0 radical (unpaired) electrons. The minimum Gasteiger partial charge on any atom is -0.207 e. The molecule has 0 saturated heterocycles. The first-order valence-corrected chi connectivity index (χ1v) is 7.95. The van der Waals surface area contributed by atoms with Crippen LogP contribution < -0.4 is 4.72 Å². The van der Waals surface area contributed by atoms with Gasteiger partial charge in [-0.1, -0.05) is 19.3 Å². The molecule has 1 aliphatic rings. The highest BCUT2D eigenvalue weighted by atomic mass is 32.2. The molecule has 0 aliphatic heterocycles. The van der Waals surface area contributed by atoms with Crippen molar-refractivity contribution in [3.05, 3.63) is 29.8 Å². The van der Waals surface area contributed by atoms with Gasteiger partial charge in [0.25, 0.3) is 0 Å². The van der Waals surface area contributed by atoms with E-state index in [0.717, 1.165) is 19.3 Å². The number of benzene rings is 1. The lowest BCUT2D eigenvalue weighted by Gasteiger charge is -2.31. The highest BCUT2D eigenvalue weighted by Crippen LogP contribution is 2.29. The molecule has 5 nitrogen and oxygen atoms in total. The van der Waals surface area contributed by atoms with Crippen molar-refractivity contribution in [3.63, 3.8) is 0 Å². The lowest BCUT2D eigenvalue weighted by atomic mass is 9.84. The Morgan fingerprint density at radius 1 is 1.05 bits per heavy atom. The summed E-state index contributed by atoms with van der Waals surface area (Å²) in [5.41, 5.74) is -0.595. The fraction of sp³-hybridized carbons (Fsp3) is 0.429. The molecule has 1 N–H and O–H groups in total. The molecule has 1 aromatic rings. The van der Waals surface area contributed by atoms with Crippen molar-refractivity contribution < 1.29 is 8.42 Å². The van der Waals surface area contributed by atoms with Gasteiger partial charge in [0.15, 0.2) is 0 Å². The van der Waals surface area contributed by atoms with E-state index in [1.54, 1.807) is 0 Å². The Labute approximate surface area is 118 Å². The first-order valence-electron chi connectivity index (χ1n) is 6.47. The van der Waals surface area contributed by atoms with Crippen molar-refractivity contribution in [2.75, 3.05) is 0 Å². The molecule has 2 rings (SSSR count). The largest absolute Gasteiger partial charge is 0.241 e. The molecular formula is C14H15N3O2S. The van der Waals surface area contributed by atoms with Crippen LogP contribution in [-0.4, -0.2) is 14.0 Å². The van der Waals surface area contributed by atoms with Gasteiger partial charge in [0.2, 0.25) is 10.0 Å². The second-order valence-electron chi connectivity index (χ2n) is 5.00. The molecule has 6 heteroatoms. The molecule has 1 fully saturated rings. The third-order valence-corrected chi connectivity index (χ3v) is 5.10. The Morgan fingerprint density at radius 2 is 1.65 bits per heavy atom. The smallest absolute Gasteiger partial charge is 0.207 e. The van der Waals surface area contributed by atoms with Crippen LogP contribution in [0.15, 0.2) is 29.2 Å². The van der Waals surface area contributed by atoms with E-state index in [0.29, 0.717) is 18.4 Å². The summed E-state index contributed by atoms with van der Waals surface area (Å²) in [7, 11) is -3.74. The quantitative estimate of drug-likeness (QED) is 0.921. The molecule has 20 heavy (non-hydrogen) atoms. The van der Waals surface area contributed by atoms with Crippen LogP contribution >= 0.6 is 0 Å². The molecule has 0 unspecified atom stereocenters. The van der Waals surface area contributed by atoms with Crippen molar-refractivity contribution in [3.8, 4) is 12.1 Å². The maximum atomic E-state index is 12.3. The zero-order valence-electron chi connectivity index (χ0n) is 11.0. The van der Waals surface area contributed by atoms with Gasteiger partial charge in [-0.05, 0) is 37.1 Å². The second kappa shape index (κ2) is 5.62. The Bertz CT molecular complexity index is 660. The maximum absolute atomic E-state index is 12.3. The number of rotatable bonds is 3. The van der Waals surface area contributed by atoms with Gasteiger partial charge in [-0.15, -0.1) is 0 Å². The summed E-state index contributed by atoms with van der Waals surface area (Å²) in [5, 5.41) is 18.0. The first-order chi connectivity index (χ1) is 9.51. The fourth-order valence-electron chi connectivity index (χ4n) is 2.42. The van der Waals surface area contributed by atoms with Gasteiger partial charge in [0.05, 0.1) is 22.6 Å². The van der Waals surface area contributed by atoms with E-state index in [9.17, 15) is 13.7 Å². The van der Waals surface area contributed by atoms with Crippen LogP contribution in [0.25, 0.3) is 0 Å². The molecule has 1 aromatic carbocycles. The molecule has 0 amide bonds.